The van der Waals surface area contributed by atoms with Crippen molar-refractivity contribution in [2.24, 2.45) is 0 Å². The van der Waals surface area contributed by atoms with Crippen LogP contribution in [0.3, 0.4) is 0 Å². The first-order valence-corrected chi connectivity index (χ1v) is 7.86. The minimum absolute atomic E-state index is 0.629. The molecule has 0 aliphatic heterocycles. The molecule has 0 heterocycles. The maximum atomic E-state index is 5.79. The monoisotopic (exact) mass is 316 g/mol. The molecular weight excluding hydrogens is 296 g/mol. The van der Waals surface area contributed by atoms with Gasteiger partial charge in [0.2, 0.25) is 0 Å². The Morgan fingerprint density at radius 1 is 1.00 bits per heavy atom. The van der Waals surface area contributed by atoms with Gasteiger partial charge in [0.15, 0.2) is 0 Å². The molecule has 0 aliphatic rings. The molecule has 0 unspecified atom stereocenters. The fourth-order valence-electron chi connectivity index (χ4n) is 2.35. The topological polar surface area (TPSA) is 9.23 Å². The van der Waals surface area contributed by atoms with Crippen LogP contribution in [0.25, 0.3) is 9.81 Å². The minimum Gasteiger partial charge on any atom is -0.493 e. The number of aryl methyl sites for hydroxylation is 2. The Morgan fingerprint density at radius 3 is 2.29 bits per heavy atom. The molecule has 3 heteroatoms. The highest BCUT2D eigenvalue weighted by molar-refractivity contribution is 7.96. The summed E-state index contributed by atoms with van der Waals surface area (Å²) in [5.41, 5.74) is 4.39. The zero-order chi connectivity index (χ0) is 15.4. The van der Waals surface area contributed by atoms with Crippen molar-refractivity contribution in [1.29, 1.82) is 0 Å². The van der Waals surface area contributed by atoms with E-state index in [2.05, 4.69) is 32.5 Å². The largest absolute Gasteiger partial charge is 0.493 e. The molecule has 2 rings (SSSR count). The van der Waals surface area contributed by atoms with Crippen molar-refractivity contribution in [1.82, 2.24) is 0 Å². The first-order valence-electron chi connectivity index (χ1n) is 6.96. The van der Waals surface area contributed by atoms with Crippen LogP contribution >= 0.6 is 25.3 Å². The first kappa shape index (κ1) is 16.1. The highest BCUT2D eigenvalue weighted by Crippen LogP contribution is 2.39. The van der Waals surface area contributed by atoms with Gasteiger partial charge in [-0.1, -0.05) is 36.4 Å². The average molecular weight is 316 g/mol. The van der Waals surface area contributed by atoms with Gasteiger partial charge in [0.25, 0.3) is 0 Å². The molecule has 2 aromatic rings. The Labute approximate surface area is 137 Å². The second-order valence-corrected chi connectivity index (χ2v) is 5.85. The van der Waals surface area contributed by atoms with E-state index in [0.29, 0.717) is 6.61 Å². The molecule has 0 radical (unpaired) electrons. The molecule has 2 aromatic carbocycles. The van der Waals surface area contributed by atoms with E-state index in [1.54, 1.807) is 0 Å². The molecule has 0 amide bonds. The second-order valence-electron chi connectivity index (χ2n) is 4.95. The molecular formula is C18H20OS2. The average Bonchev–Trinajstić information content (AvgIpc) is 2.46. The quantitative estimate of drug-likeness (QED) is 0.568. The van der Waals surface area contributed by atoms with Crippen molar-refractivity contribution in [3.05, 3.63) is 64.7 Å². The lowest BCUT2D eigenvalue weighted by atomic mass is 10.0. The number of hydrogen-bond donors (Lipinski definition) is 2. The summed E-state index contributed by atoms with van der Waals surface area (Å²) in [6, 6.07) is 14.2. The van der Waals surface area contributed by atoms with Gasteiger partial charge in [-0.05, 0) is 43.5 Å². The van der Waals surface area contributed by atoms with Crippen LogP contribution < -0.4 is 4.74 Å². The van der Waals surface area contributed by atoms with Gasteiger partial charge in [-0.2, -0.15) is 0 Å². The van der Waals surface area contributed by atoms with E-state index in [9.17, 15) is 0 Å². The minimum atomic E-state index is 0.629. The summed E-state index contributed by atoms with van der Waals surface area (Å²) in [4.78, 5) is 1.69. The molecule has 0 aromatic heterocycles. The van der Waals surface area contributed by atoms with E-state index in [1.807, 2.05) is 43.3 Å². The fourth-order valence-corrected chi connectivity index (χ4v) is 3.03. The zero-order valence-corrected chi connectivity index (χ0v) is 14.3. The van der Waals surface area contributed by atoms with Gasteiger partial charge in [0.1, 0.15) is 5.75 Å². The van der Waals surface area contributed by atoms with Crippen molar-refractivity contribution in [2.75, 3.05) is 6.61 Å². The second kappa shape index (κ2) is 7.10. The van der Waals surface area contributed by atoms with Crippen LogP contribution in [0.5, 0.6) is 5.75 Å². The standard InChI is InChI=1S/C18H20OS2/c1-4-19-15-11-12(2)10-13(3)16(15)18(21)17(20)14-8-6-5-7-9-14/h5-11,20-21H,4H2,1-3H3/b18-17-. The van der Waals surface area contributed by atoms with Crippen molar-refractivity contribution >= 4 is 35.1 Å². The summed E-state index contributed by atoms with van der Waals surface area (Å²) >= 11 is 9.38. The zero-order valence-electron chi connectivity index (χ0n) is 12.6. The van der Waals surface area contributed by atoms with E-state index < -0.39 is 0 Å². The maximum Gasteiger partial charge on any atom is 0.128 e. The third kappa shape index (κ3) is 3.66. The summed E-state index contributed by atoms with van der Waals surface area (Å²) in [6.07, 6.45) is 0. The molecule has 110 valence electrons. The van der Waals surface area contributed by atoms with E-state index in [1.165, 1.54) is 5.56 Å². The molecule has 0 fully saturated rings. The van der Waals surface area contributed by atoms with Crippen LogP contribution in [-0.4, -0.2) is 6.61 Å². The molecule has 0 bridgehead atoms. The summed E-state index contributed by atoms with van der Waals surface area (Å²) in [7, 11) is 0. The SMILES string of the molecule is CCOc1cc(C)cc(C)c1/C(S)=C(/S)c1ccccc1. The van der Waals surface area contributed by atoms with Crippen LogP contribution in [0.15, 0.2) is 42.5 Å². The van der Waals surface area contributed by atoms with E-state index >= 15 is 0 Å². The number of rotatable bonds is 4. The lowest BCUT2D eigenvalue weighted by Gasteiger charge is -2.16. The molecule has 0 saturated heterocycles. The Kier molecular flexibility index (Phi) is 5.43. The number of ether oxygens (including phenoxy) is 1. The first-order chi connectivity index (χ1) is 10.0. The van der Waals surface area contributed by atoms with Crippen molar-refractivity contribution in [2.45, 2.75) is 20.8 Å². The third-order valence-corrected chi connectivity index (χ3v) is 4.36. The molecule has 1 nitrogen and oxygen atoms in total. The Morgan fingerprint density at radius 2 is 1.67 bits per heavy atom. The predicted molar refractivity (Wildman–Crippen MR) is 98.3 cm³/mol. The normalized spacial score (nSPS) is 12.0. The lowest BCUT2D eigenvalue weighted by Crippen LogP contribution is -1.99. The lowest BCUT2D eigenvalue weighted by molar-refractivity contribution is 0.339. The summed E-state index contributed by atoms with van der Waals surface area (Å²) in [6.45, 7) is 6.76. The van der Waals surface area contributed by atoms with Gasteiger partial charge in [0, 0.05) is 15.4 Å². The highest BCUT2D eigenvalue weighted by Gasteiger charge is 2.14. The molecule has 0 spiro atoms. The Balaban J connectivity index is 2.60. The number of thiol groups is 2. The summed E-state index contributed by atoms with van der Waals surface area (Å²) in [5, 5.41) is 0. The number of hydrogen-bond acceptors (Lipinski definition) is 3. The van der Waals surface area contributed by atoms with E-state index in [0.717, 1.165) is 32.3 Å². The summed E-state index contributed by atoms with van der Waals surface area (Å²) < 4.78 is 5.79. The van der Waals surface area contributed by atoms with Gasteiger partial charge < -0.3 is 4.74 Å². The van der Waals surface area contributed by atoms with E-state index in [-0.39, 0.29) is 0 Å². The number of benzene rings is 2. The van der Waals surface area contributed by atoms with Crippen molar-refractivity contribution in [3.63, 3.8) is 0 Å². The van der Waals surface area contributed by atoms with Gasteiger partial charge in [-0.15, -0.1) is 25.3 Å². The molecule has 0 aliphatic carbocycles. The highest BCUT2D eigenvalue weighted by atomic mass is 32.1. The van der Waals surface area contributed by atoms with Gasteiger partial charge in [0.05, 0.1) is 6.61 Å². The van der Waals surface area contributed by atoms with Crippen LogP contribution in [-0.2, 0) is 0 Å². The van der Waals surface area contributed by atoms with E-state index in [4.69, 9.17) is 17.4 Å². The van der Waals surface area contributed by atoms with Crippen LogP contribution in [0.4, 0.5) is 0 Å². The van der Waals surface area contributed by atoms with Crippen molar-refractivity contribution < 1.29 is 4.74 Å². The maximum absolute atomic E-state index is 5.79. The van der Waals surface area contributed by atoms with Crippen LogP contribution in [0.2, 0.25) is 0 Å². The van der Waals surface area contributed by atoms with Crippen LogP contribution in [0, 0.1) is 13.8 Å². The molecule has 21 heavy (non-hydrogen) atoms. The van der Waals surface area contributed by atoms with Crippen molar-refractivity contribution in [3.8, 4) is 5.75 Å². The molecule has 0 saturated carbocycles. The molecule has 0 N–H and O–H groups in total. The van der Waals surface area contributed by atoms with Crippen LogP contribution in [0.1, 0.15) is 29.2 Å². The Hall–Kier alpha value is -1.32. The van der Waals surface area contributed by atoms with Gasteiger partial charge in [-0.25, -0.2) is 0 Å². The predicted octanol–water partition coefficient (Wildman–Crippen LogP) is 5.39. The Bertz CT molecular complexity index is 660. The third-order valence-electron chi connectivity index (χ3n) is 3.25. The summed E-state index contributed by atoms with van der Waals surface area (Å²) in [5.74, 6) is 0.863. The smallest absolute Gasteiger partial charge is 0.128 e. The van der Waals surface area contributed by atoms with Gasteiger partial charge >= 0.3 is 0 Å². The fraction of sp³-hybridized carbons (Fsp3) is 0.222. The molecule has 0 atom stereocenters. The van der Waals surface area contributed by atoms with Gasteiger partial charge in [-0.3, -0.25) is 0 Å².